The molecule has 0 saturated carbocycles. The average Bonchev–Trinajstić information content (AvgIpc) is 3.32. The fourth-order valence-corrected chi connectivity index (χ4v) is 4.23. The second kappa shape index (κ2) is 9.18. The molecule has 0 spiro atoms. The number of nitrogens with zero attached hydrogens (tertiary/aromatic N) is 1. The second-order valence-electron chi connectivity index (χ2n) is 7.71. The Morgan fingerprint density at radius 3 is 2.65 bits per heavy atom. The lowest BCUT2D eigenvalue weighted by Crippen LogP contribution is -2.32. The molecule has 0 fully saturated rings. The number of H-pyrrole nitrogens is 1. The second-order valence-corrected chi connectivity index (χ2v) is 7.71. The number of Topliss-reactive ketones (excluding diaryl/α,β-unsaturated/α-hetero) is 1. The minimum absolute atomic E-state index is 0.183. The first-order valence-electron chi connectivity index (χ1n) is 10.5. The third-order valence-electron chi connectivity index (χ3n) is 5.75. The van der Waals surface area contributed by atoms with Crippen molar-refractivity contribution in [3.05, 3.63) is 83.3 Å². The van der Waals surface area contributed by atoms with Crippen molar-refractivity contribution < 1.29 is 19.4 Å². The summed E-state index contributed by atoms with van der Waals surface area (Å²) in [6.07, 6.45) is 3.21. The fraction of sp³-hybridized carbons (Fsp3) is 0.280. The van der Waals surface area contributed by atoms with E-state index < -0.39 is 17.7 Å². The number of hydrogen-bond donors (Lipinski definition) is 2. The molecule has 6 nitrogen and oxygen atoms in total. The number of aliphatic hydroxyl groups excluding tert-OH is 1. The quantitative estimate of drug-likeness (QED) is 0.513. The highest BCUT2D eigenvalue weighted by Gasteiger charge is 2.43. The van der Waals surface area contributed by atoms with Crippen LogP contribution in [0.15, 0.2) is 72.1 Å². The van der Waals surface area contributed by atoms with Crippen molar-refractivity contribution in [3.8, 4) is 0 Å². The third-order valence-corrected chi connectivity index (χ3v) is 5.75. The fourth-order valence-electron chi connectivity index (χ4n) is 4.23. The van der Waals surface area contributed by atoms with Crippen LogP contribution in [0.2, 0.25) is 0 Å². The lowest BCUT2D eigenvalue weighted by Gasteiger charge is -2.26. The number of para-hydroxylation sites is 1. The highest BCUT2D eigenvalue weighted by atomic mass is 16.5. The van der Waals surface area contributed by atoms with Gasteiger partial charge in [-0.05, 0) is 24.5 Å². The number of hydrogen-bond acceptors (Lipinski definition) is 4. The summed E-state index contributed by atoms with van der Waals surface area (Å²) < 4.78 is 5.13. The molecule has 1 unspecified atom stereocenters. The van der Waals surface area contributed by atoms with Gasteiger partial charge in [0.1, 0.15) is 0 Å². The van der Waals surface area contributed by atoms with Crippen molar-refractivity contribution in [1.82, 2.24) is 9.88 Å². The Labute approximate surface area is 181 Å². The summed E-state index contributed by atoms with van der Waals surface area (Å²) in [7, 11) is 1.61. The van der Waals surface area contributed by atoms with E-state index in [0.717, 1.165) is 22.0 Å². The van der Waals surface area contributed by atoms with E-state index >= 15 is 0 Å². The molecule has 2 N–H and O–H groups in total. The Kier molecular flexibility index (Phi) is 6.18. The molecule has 1 amide bonds. The number of ketones is 1. The molecule has 1 aliphatic rings. The molecular weight excluding hydrogens is 392 g/mol. The van der Waals surface area contributed by atoms with Gasteiger partial charge in [0.25, 0.3) is 5.91 Å². The van der Waals surface area contributed by atoms with Crippen molar-refractivity contribution in [2.45, 2.75) is 25.3 Å². The van der Waals surface area contributed by atoms with E-state index in [9.17, 15) is 14.7 Å². The van der Waals surface area contributed by atoms with Gasteiger partial charge in [-0.3, -0.25) is 9.59 Å². The number of methoxy groups -OCH3 is 1. The molecule has 3 aromatic rings. The van der Waals surface area contributed by atoms with Crippen LogP contribution in [0.25, 0.3) is 10.9 Å². The van der Waals surface area contributed by atoms with Crippen LogP contribution in [-0.4, -0.2) is 46.9 Å². The number of rotatable bonds is 9. The Morgan fingerprint density at radius 1 is 1.13 bits per heavy atom. The minimum atomic E-state index is -0.622. The highest BCUT2D eigenvalue weighted by Crippen LogP contribution is 2.41. The minimum Gasteiger partial charge on any atom is -0.503 e. The van der Waals surface area contributed by atoms with Crippen LogP contribution in [0.3, 0.4) is 0 Å². The predicted molar refractivity (Wildman–Crippen MR) is 119 cm³/mol. The number of carbonyl (C=O) groups excluding carboxylic acids is 2. The summed E-state index contributed by atoms with van der Waals surface area (Å²) in [5, 5.41) is 11.7. The van der Waals surface area contributed by atoms with Crippen LogP contribution in [0, 0.1) is 0 Å². The van der Waals surface area contributed by atoms with Gasteiger partial charge in [0, 0.05) is 49.3 Å². The molecule has 2 aromatic carbocycles. The normalized spacial score (nSPS) is 16.5. The molecule has 1 aromatic heterocycles. The molecular formula is C25H26N2O4. The zero-order valence-corrected chi connectivity index (χ0v) is 17.5. The summed E-state index contributed by atoms with van der Waals surface area (Å²) >= 11 is 0. The Morgan fingerprint density at radius 2 is 1.87 bits per heavy atom. The molecule has 0 radical (unpaired) electrons. The van der Waals surface area contributed by atoms with Crippen LogP contribution in [-0.2, 0) is 20.7 Å². The van der Waals surface area contributed by atoms with Crippen molar-refractivity contribution in [3.63, 3.8) is 0 Å². The monoisotopic (exact) mass is 418 g/mol. The van der Waals surface area contributed by atoms with E-state index in [1.807, 2.05) is 60.8 Å². The van der Waals surface area contributed by atoms with Crippen molar-refractivity contribution in [1.29, 1.82) is 0 Å². The molecule has 31 heavy (non-hydrogen) atoms. The van der Waals surface area contributed by atoms with Crippen LogP contribution in [0.1, 0.15) is 30.0 Å². The molecule has 160 valence electrons. The lowest BCUT2D eigenvalue weighted by atomic mass is 9.93. The SMILES string of the molecule is COCCCN1C(=O)C(O)=C(C(=O)CCc2ccccc2)C1c1c[nH]c2ccccc12. The maximum Gasteiger partial charge on any atom is 0.290 e. The lowest BCUT2D eigenvalue weighted by molar-refractivity contribution is -0.129. The number of fused-ring (bicyclic) bond motifs is 1. The molecule has 2 heterocycles. The van der Waals surface area contributed by atoms with E-state index in [1.54, 1.807) is 12.0 Å². The summed E-state index contributed by atoms with van der Waals surface area (Å²) in [5.74, 6) is -1.15. The number of benzene rings is 2. The first kappa shape index (κ1) is 20.9. The number of carbonyl (C=O) groups is 2. The smallest absolute Gasteiger partial charge is 0.290 e. The molecule has 0 aliphatic carbocycles. The van der Waals surface area contributed by atoms with Crippen LogP contribution < -0.4 is 0 Å². The zero-order chi connectivity index (χ0) is 21.8. The van der Waals surface area contributed by atoms with Crippen molar-refractivity contribution in [2.75, 3.05) is 20.3 Å². The van der Waals surface area contributed by atoms with Gasteiger partial charge in [0.15, 0.2) is 11.5 Å². The van der Waals surface area contributed by atoms with Gasteiger partial charge in [0.2, 0.25) is 0 Å². The molecule has 1 atom stereocenters. The number of nitrogens with one attached hydrogen (secondary N) is 1. The summed E-state index contributed by atoms with van der Waals surface area (Å²) in [4.78, 5) is 31.0. The van der Waals surface area contributed by atoms with Crippen LogP contribution in [0.5, 0.6) is 0 Å². The summed E-state index contributed by atoms with van der Waals surface area (Å²) in [6.45, 7) is 0.874. The Hall–Kier alpha value is -3.38. The number of amides is 1. The van der Waals surface area contributed by atoms with Crippen LogP contribution >= 0.6 is 0 Å². The van der Waals surface area contributed by atoms with Crippen molar-refractivity contribution >= 4 is 22.6 Å². The van der Waals surface area contributed by atoms with E-state index in [4.69, 9.17) is 4.74 Å². The first-order chi connectivity index (χ1) is 15.1. The van der Waals surface area contributed by atoms with E-state index in [0.29, 0.717) is 26.0 Å². The van der Waals surface area contributed by atoms with E-state index in [2.05, 4.69) is 4.98 Å². The van der Waals surface area contributed by atoms with Gasteiger partial charge in [-0.15, -0.1) is 0 Å². The number of aliphatic hydroxyl groups is 1. The first-order valence-corrected chi connectivity index (χ1v) is 10.5. The Bertz CT molecular complexity index is 1120. The number of aromatic nitrogens is 1. The van der Waals surface area contributed by atoms with E-state index in [1.165, 1.54) is 0 Å². The van der Waals surface area contributed by atoms with E-state index in [-0.39, 0.29) is 17.8 Å². The average molecular weight is 418 g/mol. The largest absolute Gasteiger partial charge is 0.503 e. The zero-order valence-electron chi connectivity index (χ0n) is 17.5. The van der Waals surface area contributed by atoms with Gasteiger partial charge in [-0.2, -0.15) is 0 Å². The maximum atomic E-state index is 13.3. The highest BCUT2D eigenvalue weighted by molar-refractivity contribution is 6.09. The molecule has 1 aliphatic heterocycles. The van der Waals surface area contributed by atoms with Gasteiger partial charge in [-0.1, -0.05) is 48.5 Å². The number of aromatic amines is 1. The number of aryl methyl sites for hydroxylation is 1. The standard InChI is InChI=1S/C25H26N2O4/c1-31-15-7-14-27-23(19-16-26-20-11-6-5-10-18(19)20)22(24(29)25(27)30)21(28)13-12-17-8-3-2-4-9-17/h2-6,8-11,16,23,26,29H,7,12-15H2,1H3. The van der Waals surface area contributed by atoms with Crippen LogP contribution in [0.4, 0.5) is 0 Å². The summed E-state index contributed by atoms with van der Waals surface area (Å²) in [5.41, 5.74) is 2.96. The Balaban J connectivity index is 1.68. The van der Waals surface area contributed by atoms with Gasteiger partial charge >= 0.3 is 0 Å². The van der Waals surface area contributed by atoms with Crippen molar-refractivity contribution in [2.24, 2.45) is 0 Å². The predicted octanol–water partition coefficient (Wildman–Crippen LogP) is 4.10. The molecule has 0 saturated heterocycles. The van der Waals surface area contributed by atoms with Gasteiger partial charge < -0.3 is 19.7 Å². The maximum absolute atomic E-state index is 13.3. The third kappa shape index (κ3) is 4.11. The molecule has 0 bridgehead atoms. The summed E-state index contributed by atoms with van der Waals surface area (Å²) in [6, 6.07) is 16.9. The molecule has 4 rings (SSSR count). The number of ether oxygens (including phenoxy) is 1. The van der Waals surface area contributed by atoms with Gasteiger partial charge in [-0.25, -0.2) is 0 Å². The molecule has 6 heteroatoms. The van der Waals surface area contributed by atoms with Gasteiger partial charge in [0.05, 0.1) is 11.6 Å². The topological polar surface area (TPSA) is 82.6 Å².